The van der Waals surface area contributed by atoms with Gasteiger partial charge in [-0.15, -0.1) is 0 Å². The van der Waals surface area contributed by atoms with Crippen molar-refractivity contribution in [2.24, 2.45) is 5.10 Å². The Morgan fingerprint density at radius 2 is 1.77 bits per heavy atom. The monoisotopic (exact) mass is 440 g/mol. The molecule has 3 rings (SSSR count). The molecule has 0 fully saturated rings. The molecule has 0 saturated heterocycles. The zero-order valence-electron chi connectivity index (χ0n) is 16.8. The van der Waals surface area contributed by atoms with Crippen molar-refractivity contribution in [2.45, 2.75) is 26.9 Å². The Bertz CT molecular complexity index is 1060. The minimum atomic E-state index is -0.153. The Hall–Kier alpha value is -2.82. The Morgan fingerprint density at radius 1 is 1.00 bits per heavy atom. The Morgan fingerprint density at radius 3 is 2.47 bits per heavy atom. The van der Waals surface area contributed by atoms with Gasteiger partial charge in [0.05, 0.1) is 22.7 Å². The highest BCUT2D eigenvalue weighted by atomic mass is 35.5. The number of hydrazone groups is 1. The summed E-state index contributed by atoms with van der Waals surface area (Å²) in [6, 6.07) is 18.9. The second kappa shape index (κ2) is 10.3. The summed E-state index contributed by atoms with van der Waals surface area (Å²) in [5, 5.41) is 5.06. The average molecular weight is 441 g/mol. The van der Waals surface area contributed by atoms with E-state index in [1.807, 2.05) is 56.3 Å². The van der Waals surface area contributed by atoms with Crippen LogP contribution in [0.5, 0.6) is 5.75 Å². The maximum Gasteiger partial charge on any atom is 0.244 e. The van der Waals surface area contributed by atoms with Gasteiger partial charge in [-0.3, -0.25) is 4.79 Å². The number of amides is 1. The number of carbonyl (C=O) groups excluding carboxylic acids is 1. The molecule has 0 unspecified atom stereocenters. The summed E-state index contributed by atoms with van der Waals surface area (Å²) in [4.78, 5) is 12.1. The number of carbonyl (C=O) groups is 1. The third-order valence-electron chi connectivity index (χ3n) is 4.52. The summed E-state index contributed by atoms with van der Waals surface area (Å²) >= 11 is 11.9. The lowest BCUT2D eigenvalue weighted by Crippen LogP contribution is -2.20. The van der Waals surface area contributed by atoms with Gasteiger partial charge in [-0.25, -0.2) is 5.43 Å². The molecule has 0 aliphatic rings. The minimum Gasteiger partial charge on any atom is -0.489 e. The van der Waals surface area contributed by atoms with E-state index in [1.165, 1.54) is 5.56 Å². The van der Waals surface area contributed by atoms with Crippen molar-refractivity contribution in [1.29, 1.82) is 0 Å². The standard InChI is InChI=1S/C24H22Cl2N2O2/c1-16-3-7-20(17(2)11-16)13-24(29)28-27-14-18-4-8-21(9-5-18)30-15-19-6-10-22(25)23(26)12-19/h3-12,14H,13,15H2,1-2H3,(H,28,29)/b27-14-. The molecule has 0 aliphatic carbocycles. The molecule has 0 radical (unpaired) electrons. The molecule has 3 aromatic carbocycles. The fourth-order valence-corrected chi connectivity index (χ4v) is 3.20. The fraction of sp³-hybridized carbons (Fsp3) is 0.167. The third-order valence-corrected chi connectivity index (χ3v) is 5.26. The summed E-state index contributed by atoms with van der Waals surface area (Å²) < 4.78 is 5.75. The van der Waals surface area contributed by atoms with Gasteiger partial charge < -0.3 is 4.74 Å². The lowest BCUT2D eigenvalue weighted by Gasteiger charge is -2.07. The molecule has 0 bridgehead atoms. The first-order valence-corrected chi connectivity index (χ1v) is 10.2. The number of hydrogen-bond acceptors (Lipinski definition) is 3. The first kappa shape index (κ1) is 21.9. The number of halogens is 2. The normalized spacial score (nSPS) is 10.9. The molecule has 0 spiro atoms. The Kier molecular flexibility index (Phi) is 7.50. The molecule has 0 saturated carbocycles. The molecule has 154 valence electrons. The van der Waals surface area contributed by atoms with E-state index in [0.717, 1.165) is 28.0 Å². The van der Waals surface area contributed by atoms with E-state index in [9.17, 15) is 4.79 Å². The van der Waals surface area contributed by atoms with E-state index >= 15 is 0 Å². The maximum atomic E-state index is 12.1. The molecule has 0 atom stereocenters. The molecular weight excluding hydrogens is 419 g/mol. The van der Waals surface area contributed by atoms with E-state index < -0.39 is 0 Å². The van der Waals surface area contributed by atoms with Crippen molar-refractivity contribution in [3.63, 3.8) is 0 Å². The number of hydrogen-bond donors (Lipinski definition) is 1. The number of rotatable bonds is 7. The lowest BCUT2D eigenvalue weighted by atomic mass is 10.0. The SMILES string of the molecule is Cc1ccc(CC(=O)N/N=C\c2ccc(OCc3ccc(Cl)c(Cl)c3)cc2)c(C)c1. The molecule has 3 aromatic rings. The molecular formula is C24H22Cl2N2O2. The van der Waals surface area contributed by atoms with Crippen LogP contribution >= 0.6 is 23.2 Å². The van der Waals surface area contributed by atoms with E-state index in [2.05, 4.69) is 16.6 Å². The maximum absolute atomic E-state index is 12.1. The summed E-state index contributed by atoms with van der Waals surface area (Å²) in [5.74, 6) is 0.567. The molecule has 1 amide bonds. The highest BCUT2D eigenvalue weighted by Gasteiger charge is 2.05. The fourth-order valence-electron chi connectivity index (χ4n) is 2.88. The third kappa shape index (κ3) is 6.34. The lowest BCUT2D eigenvalue weighted by molar-refractivity contribution is -0.120. The van der Waals surface area contributed by atoms with Crippen molar-refractivity contribution in [3.8, 4) is 5.75 Å². The summed E-state index contributed by atoms with van der Waals surface area (Å²) in [5.41, 5.74) is 7.63. The number of ether oxygens (including phenoxy) is 1. The summed E-state index contributed by atoms with van der Waals surface area (Å²) in [6.45, 7) is 4.42. The van der Waals surface area contributed by atoms with Gasteiger partial charge in [-0.05, 0) is 72.5 Å². The second-order valence-corrected chi connectivity index (χ2v) is 7.82. The number of benzene rings is 3. The van der Waals surface area contributed by atoms with Crippen LogP contribution in [0.2, 0.25) is 10.0 Å². The van der Waals surface area contributed by atoms with Gasteiger partial charge in [0.1, 0.15) is 12.4 Å². The first-order chi connectivity index (χ1) is 14.4. The second-order valence-electron chi connectivity index (χ2n) is 7.01. The molecule has 6 heteroatoms. The molecule has 0 heterocycles. The van der Waals surface area contributed by atoms with Crippen LogP contribution in [0.15, 0.2) is 65.8 Å². The van der Waals surface area contributed by atoms with Crippen LogP contribution in [0.25, 0.3) is 0 Å². The number of aryl methyl sites for hydroxylation is 2. The van der Waals surface area contributed by atoms with Crippen molar-refractivity contribution in [3.05, 3.63) is 98.5 Å². The highest BCUT2D eigenvalue weighted by molar-refractivity contribution is 6.42. The van der Waals surface area contributed by atoms with E-state index in [-0.39, 0.29) is 5.91 Å². The summed E-state index contributed by atoms with van der Waals surface area (Å²) in [6.07, 6.45) is 1.90. The van der Waals surface area contributed by atoms with Crippen LogP contribution in [-0.4, -0.2) is 12.1 Å². The number of nitrogens with zero attached hydrogens (tertiary/aromatic N) is 1. The smallest absolute Gasteiger partial charge is 0.244 e. The average Bonchev–Trinajstić information content (AvgIpc) is 2.72. The van der Waals surface area contributed by atoms with Crippen LogP contribution < -0.4 is 10.2 Å². The zero-order valence-corrected chi connectivity index (χ0v) is 18.3. The van der Waals surface area contributed by atoms with Gasteiger partial charge in [0.15, 0.2) is 0 Å². The van der Waals surface area contributed by atoms with Crippen LogP contribution in [0.4, 0.5) is 0 Å². The van der Waals surface area contributed by atoms with Gasteiger partial charge in [0.2, 0.25) is 5.91 Å². The molecule has 30 heavy (non-hydrogen) atoms. The van der Waals surface area contributed by atoms with E-state index in [4.69, 9.17) is 27.9 Å². The van der Waals surface area contributed by atoms with Crippen molar-refractivity contribution in [2.75, 3.05) is 0 Å². The molecule has 0 aliphatic heterocycles. The molecule has 4 nitrogen and oxygen atoms in total. The van der Waals surface area contributed by atoms with Gasteiger partial charge in [-0.2, -0.15) is 5.10 Å². The van der Waals surface area contributed by atoms with Crippen LogP contribution in [0.1, 0.15) is 27.8 Å². The van der Waals surface area contributed by atoms with Gasteiger partial charge >= 0.3 is 0 Å². The zero-order chi connectivity index (χ0) is 21.5. The largest absolute Gasteiger partial charge is 0.489 e. The van der Waals surface area contributed by atoms with Gasteiger partial charge in [0.25, 0.3) is 0 Å². The predicted octanol–water partition coefficient (Wildman–Crippen LogP) is 5.88. The summed E-state index contributed by atoms with van der Waals surface area (Å²) in [7, 11) is 0. The first-order valence-electron chi connectivity index (χ1n) is 9.45. The number of nitrogens with one attached hydrogen (secondary N) is 1. The predicted molar refractivity (Wildman–Crippen MR) is 123 cm³/mol. The quantitative estimate of drug-likeness (QED) is 0.368. The topological polar surface area (TPSA) is 50.7 Å². The Balaban J connectivity index is 1.49. The van der Waals surface area contributed by atoms with Crippen molar-refractivity contribution < 1.29 is 9.53 Å². The highest BCUT2D eigenvalue weighted by Crippen LogP contribution is 2.23. The Labute approximate surface area is 186 Å². The minimum absolute atomic E-state index is 0.153. The van der Waals surface area contributed by atoms with Crippen molar-refractivity contribution >= 4 is 35.3 Å². The molecule has 0 aromatic heterocycles. The van der Waals surface area contributed by atoms with Crippen molar-refractivity contribution in [1.82, 2.24) is 5.43 Å². The van der Waals surface area contributed by atoms with E-state index in [1.54, 1.807) is 18.3 Å². The van der Waals surface area contributed by atoms with Crippen LogP contribution in [0.3, 0.4) is 0 Å². The van der Waals surface area contributed by atoms with Crippen LogP contribution in [-0.2, 0) is 17.8 Å². The van der Waals surface area contributed by atoms with Gasteiger partial charge in [-0.1, -0.05) is 53.0 Å². The molecule has 1 N–H and O–H groups in total. The van der Waals surface area contributed by atoms with Crippen LogP contribution in [0, 0.1) is 13.8 Å². The van der Waals surface area contributed by atoms with Gasteiger partial charge in [0, 0.05) is 0 Å². The van der Waals surface area contributed by atoms with E-state index in [0.29, 0.717) is 23.1 Å².